The second-order valence-electron chi connectivity index (χ2n) is 4.17. The fourth-order valence-electron chi connectivity index (χ4n) is 1.12. The monoisotopic (exact) mass is 365 g/mol. The van der Waals surface area contributed by atoms with Crippen molar-refractivity contribution >= 4 is 43.6 Å². The number of benzene rings is 1. The zero-order chi connectivity index (χ0) is 10.9. The summed E-state index contributed by atoms with van der Waals surface area (Å²) in [5.41, 5.74) is 0.175. The van der Waals surface area contributed by atoms with Crippen LogP contribution >= 0.6 is 15.9 Å². The van der Waals surface area contributed by atoms with Crippen molar-refractivity contribution in [3.05, 3.63) is 32.8 Å². The normalized spacial score (nSPS) is 11.4. The molecule has 14 heavy (non-hydrogen) atoms. The van der Waals surface area contributed by atoms with Crippen LogP contribution in [0.25, 0.3) is 0 Å². The van der Waals surface area contributed by atoms with Crippen molar-refractivity contribution in [1.82, 2.24) is 0 Å². The van der Waals surface area contributed by atoms with E-state index in [0.717, 1.165) is 0 Å². The van der Waals surface area contributed by atoms with Crippen LogP contribution in [0.4, 0.5) is 5.69 Å². The molecule has 5 heteroatoms. The maximum atomic E-state index is 10.7. The van der Waals surface area contributed by atoms with E-state index in [1.165, 1.54) is 3.58 Å². The molecule has 0 saturated carbocycles. The minimum atomic E-state index is -2.17. The standard InChI is InChI=1S/C6H3BrNO2.3CH3.Sn/c7-5-3-1-2-4-6(5)8(9)10;;;;/h1,3-4H;3*1H3;. The van der Waals surface area contributed by atoms with Gasteiger partial charge in [0.15, 0.2) is 0 Å². The van der Waals surface area contributed by atoms with Crippen molar-refractivity contribution in [3.8, 4) is 0 Å². The van der Waals surface area contributed by atoms with Crippen LogP contribution in [-0.2, 0) is 0 Å². The van der Waals surface area contributed by atoms with Gasteiger partial charge in [-0.2, -0.15) is 0 Å². The van der Waals surface area contributed by atoms with Crippen molar-refractivity contribution in [1.29, 1.82) is 0 Å². The molecule has 0 spiro atoms. The van der Waals surface area contributed by atoms with Gasteiger partial charge in [0.1, 0.15) is 0 Å². The first-order valence-electron chi connectivity index (χ1n) is 4.27. The molecule has 0 saturated heterocycles. The van der Waals surface area contributed by atoms with E-state index in [-0.39, 0.29) is 10.6 Å². The number of halogens is 1. The molecule has 0 unspecified atom stereocenters. The van der Waals surface area contributed by atoms with E-state index in [9.17, 15) is 10.1 Å². The molecule has 0 radical (unpaired) electrons. The molecule has 0 aliphatic rings. The van der Waals surface area contributed by atoms with Crippen LogP contribution in [0.15, 0.2) is 22.7 Å². The van der Waals surface area contributed by atoms with Gasteiger partial charge in [-0.15, -0.1) is 0 Å². The number of nitrogens with zero attached hydrogens (tertiary/aromatic N) is 1. The molecule has 1 aromatic rings. The van der Waals surface area contributed by atoms with Crippen molar-refractivity contribution in [2.24, 2.45) is 0 Å². The van der Waals surface area contributed by atoms with Crippen LogP contribution in [0.3, 0.4) is 0 Å². The third-order valence-corrected chi connectivity index (χ3v) is 8.51. The van der Waals surface area contributed by atoms with E-state index < -0.39 is 18.4 Å². The van der Waals surface area contributed by atoms with Crippen LogP contribution in [-0.4, -0.2) is 23.3 Å². The van der Waals surface area contributed by atoms with Crippen LogP contribution in [0.2, 0.25) is 14.8 Å². The summed E-state index contributed by atoms with van der Waals surface area (Å²) in [5, 5.41) is 10.7. The Morgan fingerprint density at radius 1 is 1.36 bits per heavy atom. The summed E-state index contributed by atoms with van der Waals surface area (Å²) < 4.78 is 1.73. The molecule has 0 aliphatic heterocycles. The topological polar surface area (TPSA) is 43.1 Å². The number of hydrogen-bond donors (Lipinski definition) is 0. The van der Waals surface area contributed by atoms with Crippen LogP contribution < -0.4 is 3.58 Å². The first kappa shape index (κ1) is 12.0. The van der Waals surface area contributed by atoms with Gasteiger partial charge in [0.25, 0.3) is 0 Å². The molecule has 0 aliphatic carbocycles. The third-order valence-electron chi connectivity index (χ3n) is 2.01. The summed E-state index contributed by atoms with van der Waals surface area (Å²) in [5.74, 6) is 0. The molecule has 0 aromatic heterocycles. The van der Waals surface area contributed by atoms with E-state index >= 15 is 0 Å². The fourth-order valence-corrected chi connectivity index (χ4v) is 4.80. The molecule has 0 N–H and O–H groups in total. The molecule has 3 nitrogen and oxygen atoms in total. The van der Waals surface area contributed by atoms with Crippen molar-refractivity contribution in [3.63, 3.8) is 0 Å². The number of nitro benzene ring substituents is 1. The summed E-state index contributed by atoms with van der Waals surface area (Å²) >= 11 is 1.01. The molecule has 1 rings (SSSR count). The van der Waals surface area contributed by atoms with Gasteiger partial charge in [0.05, 0.1) is 0 Å². The number of hydrogen-bond acceptors (Lipinski definition) is 2. The molecule has 0 heterocycles. The Balaban J connectivity index is 3.27. The van der Waals surface area contributed by atoms with E-state index in [1.807, 2.05) is 6.07 Å². The van der Waals surface area contributed by atoms with Gasteiger partial charge in [-0.05, 0) is 0 Å². The fraction of sp³-hybridized carbons (Fsp3) is 0.333. The average molecular weight is 365 g/mol. The van der Waals surface area contributed by atoms with Crippen LogP contribution in [0.5, 0.6) is 0 Å². The van der Waals surface area contributed by atoms with E-state index in [0.29, 0.717) is 4.47 Å². The first-order chi connectivity index (χ1) is 6.32. The average Bonchev–Trinajstić information content (AvgIpc) is 2.02. The SMILES string of the molecule is [CH3][Sn]([CH3])([CH3])[c]1ccc(Br)c([N+](=O)[O-])c1. The second-order valence-corrected chi connectivity index (χ2v) is 19.5. The number of rotatable bonds is 2. The predicted octanol–water partition coefficient (Wildman–Crippen LogP) is 2.90. The summed E-state index contributed by atoms with van der Waals surface area (Å²) in [6.45, 7) is 0. The predicted molar refractivity (Wildman–Crippen MR) is 63.8 cm³/mol. The van der Waals surface area contributed by atoms with Crippen molar-refractivity contribution in [2.75, 3.05) is 0 Å². The third kappa shape index (κ3) is 2.70. The molecule has 0 atom stereocenters. The van der Waals surface area contributed by atoms with Gasteiger partial charge in [-0.25, -0.2) is 0 Å². The van der Waals surface area contributed by atoms with Crippen molar-refractivity contribution in [2.45, 2.75) is 14.8 Å². The Morgan fingerprint density at radius 2 is 1.93 bits per heavy atom. The Bertz CT molecular complexity index is 374. The Morgan fingerprint density at radius 3 is 2.36 bits per heavy atom. The van der Waals surface area contributed by atoms with Crippen LogP contribution in [0, 0.1) is 10.1 Å². The van der Waals surface area contributed by atoms with Gasteiger partial charge in [-0.1, -0.05) is 0 Å². The van der Waals surface area contributed by atoms with Gasteiger partial charge < -0.3 is 0 Å². The molecular weight excluding hydrogens is 353 g/mol. The molecule has 0 bridgehead atoms. The molecular formula is C9H12BrNO2Sn. The van der Waals surface area contributed by atoms with Gasteiger partial charge in [-0.3, -0.25) is 0 Å². The van der Waals surface area contributed by atoms with E-state index in [4.69, 9.17) is 0 Å². The summed E-state index contributed by atoms with van der Waals surface area (Å²) in [6, 6.07) is 5.48. The van der Waals surface area contributed by atoms with Crippen LogP contribution in [0.1, 0.15) is 0 Å². The molecule has 1 aromatic carbocycles. The maximum absolute atomic E-state index is 10.7. The van der Waals surface area contributed by atoms with Gasteiger partial charge in [0, 0.05) is 0 Å². The summed E-state index contributed by atoms with van der Waals surface area (Å²) in [7, 11) is 0. The summed E-state index contributed by atoms with van der Waals surface area (Å²) in [6.07, 6.45) is 0. The minimum absolute atomic E-state index is 0.175. The quantitative estimate of drug-likeness (QED) is 0.460. The number of nitro groups is 1. The zero-order valence-electron chi connectivity index (χ0n) is 8.37. The van der Waals surface area contributed by atoms with E-state index in [2.05, 4.69) is 30.7 Å². The van der Waals surface area contributed by atoms with Gasteiger partial charge >= 0.3 is 96.1 Å². The molecule has 0 fully saturated rings. The Labute approximate surface area is 95.7 Å². The molecule has 0 amide bonds. The Kier molecular flexibility index (Phi) is 3.58. The second kappa shape index (κ2) is 4.18. The zero-order valence-corrected chi connectivity index (χ0v) is 12.8. The Hall–Kier alpha value is -0.101. The first-order valence-corrected chi connectivity index (χ1v) is 15.0. The van der Waals surface area contributed by atoms with E-state index in [1.54, 1.807) is 12.1 Å². The van der Waals surface area contributed by atoms with Gasteiger partial charge in [0.2, 0.25) is 0 Å². The van der Waals surface area contributed by atoms with Crippen molar-refractivity contribution < 1.29 is 4.92 Å². The molecule has 76 valence electrons. The summed E-state index contributed by atoms with van der Waals surface area (Å²) in [4.78, 5) is 17.1.